The number of hydrogen-bond acceptors (Lipinski definition) is 1. The van der Waals surface area contributed by atoms with Gasteiger partial charge in [-0.1, -0.05) is 102 Å². The Bertz CT molecular complexity index is 366. The van der Waals surface area contributed by atoms with E-state index in [1.54, 1.807) is 0 Å². The molecule has 1 aromatic rings. The van der Waals surface area contributed by atoms with Gasteiger partial charge in [-0.05, 0) is 25.0 Å². The molecular weight excluding hydrogens is 324 g/mol. The Kier molecular flexibility index (Phi) is 18.0. The number of benzene rings is 1. The first-order valence-corrected chi connectivity index (χ1v) is 12.3. The molecule has 0 aromatic heterocycles. The topological polar surface area (TPSA) is 30.0 Å². The molecule has 1 aromatic carbocycles. The largest absolute Gasteiger partial charge is 0.870 e. The SMILES string of the molecule is CCCCCCCCCCCCCCCC[S+](C)c1ccccc1.[OH-]. The van der Waals surface area contributed by atoms with E-state index >= 15 is 0 Å². The maximum Gasteiger partial charge on any atom is 0.154 e. The molecule has 1 N–H and O–H groups in total. The first-order chi connectivity index (χ1) is 11.8. The fourth-order valence-electron chi connectivity index (χ4n) is 3.28. The zero-order valence-corrected chi connectivity index (χ0v) is 17.7. The van der Waals surface area contributed by atoms with Gasteiger partial charge in [-0.25, -0.2) is 0 Å². The van der Waals surface area contributed by atoms with Crippen molar-refractivity contribution >= 4 is 10.9 Å². The van der Waals surface area contributed by atoms with Crippen LogP contribution in [0.3, 0.4) is 0 Å². The van der Waals surface area contributed by atoms with Gasteiger partial charge < -0.3 is 5.48 Å². The van der Waals surface area contributed by atoms with E-state index in [9.17, 15) is 0 Å². The van der Waals surface area contributed by atoms with Crippen molar-refractivity contribution < 1.29 is 5.48 Å². The summed E-state index contributed by atoms with van der Waals surface area (Å²) in [6.45, 7) is 2.30. The van der Waals surface area contributed by atoms with E-state index in [0.717, 1.165) is 0 Å². The quantitative estimate of drug-likeness (QED) is 0.219. The van der Waals surface area contributed by atoms with Crippen LogP contribution in [-0.2, 0) is 10.9 Å². The zero-order valence-electron chi connectivity index (χ0n) is 16.8. The third-order valence-electron chi connectivity index (χ3n) is 4.95. The Labute approximate surface area is 160 Å². The summed E-state index contributed by atoms with van der Waals surface area (Å²) in [4.78, 5) is 1.53. The molecule has 1 rings (SSSR count). The lowest BCUT2D eigenvalue weighted by Gasteiger charge is -2.04. The molecule has 0 aliphatic heterocycles. The first-order valence-electron chi connectivity index (χ1n) is 10.5. The van der Waals surface area contributed by atoms with E-state index in [1.807, 2.05) is 0 Å². The van der Waals surface area contributed by atoms with Crippen molar-refractivity contribution in [3.63, 3.8) is 0 Å². The van der Waals surface area contributed by atoms with Crippen LogP contribution in [-0.4, -0.2) is 17.5 Å². The molecule has 0 fully saturated rings. The second-order valence-corrected chi connectivity index (χ2v) is 9.40. The van der Waals surface area contributed by atoms with Crippen molar-refractivity contribution in [1.29, 1.82) is 0 Å². The molecular formula is C23H42OS. The first kappa shape index (κ1) is 24.5. The van der Waals surface area contributed by atoms with E-state index in [1.165, 1.54) is 101 Å². The molecule has 0 radical (unpaired) electrons. The van der Waals surface area contributed by atoms with Crippen molar-refractivity contribution in [1.82, 2.24) is 0 Å². The Morgan fingerprint density at radius 2 is 1.00 bits per heavy atom. The molecule has 146 valence electrons. The molecule has 0 aliphatic carbocycles. The van der Waals surface area contributed by atoms with Crippen LogP contribution in [0.15, 0.2) is 35.2 Å². The van der Waals surface area contributed by atoms with Crippen molar-refractivity contribution in [3.05, 3.63) is 30.3 Å². The Balaban J connectivity index is 0.00000576. The van der Waals surface area contributed by atoms with Gasteiger partial charge in [-0.15, -0.1) is 0 Å². The minimum absolute atomic E-state index is 0. The van der Waals surface area contributed by atoms with Crippen molar-refractivity contribution in [3.8, 4) is 0 Å². The fraction of sp³-hybridized carbons (Fsp3) is 0.739. The molecule has 0 aliphatic rings. The molecule has 0 heterocycles. The van der Waals surface area contributed by atoms with Crippen molar-refractivity contribution in [2.24, 2.45) is 0 Å². The summed E-state index contributed by atoms with van der Waals surface area (Å²) in [7, 11) is 0.450. The van der Waals surface area contributed by atoms with Crippen LogP contribution in [0.1, 0.15) is 96.8 Å². The van der Waals surface area contributed by atoms with Gasteiger partial charge in [0.25, 0.3) is 0 Å². The van der Waals surface area contributed by atoms with Gasteiger partial charge >= 0.3 is 0 Å². The van der Waals surface area contributed by atoms with Crippen LogP contribution in [0.2, 0.25) is 0 Å². The van der Waals surface area contributed by atoms with Gasteiger partial charge in [0.15, 0.2) is 4.90 Å². The smallest absolute Gasteiger partial charge is 0.154 e. The van der Waals surface area contributed by atoms with E-state index in [-0.39, 0.29) is 5.48 Å². The highest BCUT2D eigenvalue weighted by atomic mass is 32.2. The van der Waals surface area contributed by atoms with Crippen LogP contribution in [0, 0.1) is 0 Å². The summed E-state index contributed by atoms with van der Waals surface area (Å²) in [5.74, 6) is 1.38. The highest BCUT2D eigenvalue weighted by molar-refractivity contribution is 7.96. The average molecular weight is 367 g/mol. The van der Waals surface area contributed by atoms with Crippen LogP contribution in [0.4, 0.5) is 0 Å². The lowest BCUT2D eigenvalue weighted by molar-refractivity contribution is 0.538. The monoisotopic (exact) mass is 366 g/mol. The summed E-state index contributed by atoms with van der Waals surface area (Å²) in [5.41, 5.74) is 0. The third kappa shape index (κ3) is 14.4. The average Bonchev–Trinajstić information content (AvgIpc) is 2.62. The van der Waals surface area contributed by atoms with Crippen molar-refractivity contribution in [2.75, 3.05) is 12.0 Å². The summed E-state index contributed by atoms with van der Waals surface area (Å²) in [5, 5.41) is 0. The van der Waals surface area contributed by atoms with Crippen LogP contribution < -0.4 is 0 Å². The minimum atomic E-state index is 0. The Hall–Kier alpha value is -0.470. The highest BCUT2D eigenvalue weighted by Gasteiger charge is 2.13. The van der Waals surface area contributed by atoms with Gasteiger partial charge in [-0.3, -0.25) is 0 Å². The molecule has 0 saturated carbocycles. The molecule has 0 spiro atoms. The summed E-state index contributed by atoms with van der Waals surface area (Å²) in [6.07, 6.45) is 22.7. The van der Waals surface area contributed by atoms with E-state index in [4.69, 9.17) is 0 Å². The summed E-state index contributed by atoms with van der Waals surface area (Å²) < 4.78 is 0. The third-order valence-corrected chi connectivity index (χ3v) is 6.93. The second kappa shape index (κ2) is 18.3. The number of rotatable bonds is 16. The number of unbranched alkanes of at least 4 members (excludes halogenated alkanes) is 13. The van der Waals surface area contributed by atoms with Crippen LogP contribution in [0.25, 0.3) is 0 Å². The standard InChI is InChI=1S/C23H41S.H2O/c1-3-4-5-6-7-8-9-10-11-12-13-14-15-19-22-24(2)23-20-17-16-18-21-23;/h16-18,20-21H,3-15,19,22H2,1-2H3;1H2/q+1;/p-1. The van der Waals surface area contributed by atoms with Crippen LogP contribution in [0.5, 0.6) is 0 Å². The molecule has 1 unspecified atom stereocenters. The van der Waals surface area contributed by atoms with Gasteiger partial charge in [0.05, 0.1) is 0 Å². The predicted octanol–water partition coefficient (Wildman–Crippen LogP) is 7.60. The second-order valence-electron chi connectivity index (χ2n) is 7.25. The lowest BCUT2D eigenvalue weighted by atomic mass is 10.0. The Morgan fingerprint density at radius 1 is 0.600 bits per heavy atom. The molecule has 2 heteroatoms. The van der Waals surface area contributed by atoms with Crippen molar-refractivity contribution in [2.45, 2.75) is 102 Å². The molecule has 1 nitrogen and oxygen atoms in total. The maximum absolute atomic E-state index is 2.40. The minimum Gasteiger partial charge on any atom is -0.870 e. The van der Waals surface area contributed by atoms with E-state index in [2.05, 4.69) is 43.5 Å². The number of hydrogen-bond donors (Lipinski definition) is 0. The maximum atomic E-state index is 2.40. The highest BCUT2D eigenvalue weighted by Crippen LogP contribution is 2.15. The molecule has 0 saturated heterocycles. The van der Waals surface area contributed by atoms with E-state index in [0.29, 0.717) is 10.9 Å². The van der Waals surface area contributed by atoms with Gasteiger partial charge in [0.2, 0.25) is 0 Å². The summed E-state index contributed by atoms with van der Waals surface area (Å²) >= 11 is 0. The predicted molar refractivity (Wildman–Crippen MR) is 115 cm³/mol. The lowest BCUT2D eigenvalue weighted by Crippen LogP contribution is -2.05. The summed E-state index contributed by atoms with van der Waals surface area (Å²) in [6, 6.07) is 11.0. The molecule has 25 heavy (non-hydrogen) atoms. The Morgan fingerprint density at radius 3 is 1.44 bits per heavy atom. The van der Waals surface area contributed by atoms with Gasteiger partial charge in [0.1, 0.15) is 12.0 Å². The molecule has 0 amide bonds. The molecule has 0 bridgehead atoms. The van der Waals surface area contributed by atoms with Gasteiger partial charge in [-0.2, -0.15) is 0 Å². The van der Waals surface area contributed by atoms with Crippen LogP contribution >= 0.6 is 0 Å². The zero-order chi connectivity index (χ0) is 17.3. The van der Waals surface area contributed by atoms with Gasteiger partial charge in [0, 0.05) is 10.9 Å². The normalized spacial score (nSPS) is 11.9. The molecule has 1 atom stereocenters. The fourth-order valence-corrected chi connectivity index (χ4v) is 4.78. The van der Waals surface area contributed by atoms with E-state index < -0.39 is 0 Å².